The maximum Gasteiger partial charge on any atom is 0.187 e. The van der Waals surface area contributed by atoms with Gasteiger partial charge >= 0.3 is 0 Å². The van der Waals surface area contributed by atoms with Crippen molar-refractivity contribution < 1.29 is 23.5 Å². The lowest BCUT2D eigenvalue weighted by Gasteiger charge is -2.36. The van der Waals surface area contributed by atoms with Crippen LogP contribution >= 0.6 is 0 Å². The molecule has 0 unspecified atom stereocenters. The normalized spacial score (nSPS) is 22.3. The van der Waals surface area contributed by atoms with Gasteiger partial charge in [0.05, 0.1) is 31.5 Å². The van der Waals surface area contributed by atoms with Crippen LogP contribution in [0.5, 0.6) is 5.75 Å². The van der Waals surface area contributed by atoms with Crippen molar-refractivity contribution in [2.45, 2.75) is 18.0 Å². The summed E-state index contributed by atoms with van der Waals surface area (Å²) in [6, 6.07) is 23.0. The summed E-state index contributed by atoms with van der Waals surface area (Å²) in [6.07, 6.45) is 3.19. The van der Waals surface area contributed by atoms with Crippen LogP contribution in [0.25, 0.3) is 0 Å². The summed E-state index contributed by atoms with van der Waals surface area (Å²) < 4.78 is 11.2. The van der Waals surface area contributed by atoms with Crippen LogP contribution in [-0.2, 0) is 0 Å². The summed E-state index contributed by atoms with van der Waals surface area (Å²) in [5, 5.41) is 6.38. The van der Waals surface area contributed by atoms with E-state index >= 15 is 0 Å². The lowest BCUT2D eigenvalue weighted by Crippen LogP contribution is -2.43. The number of fused-ring (bicyclic) bond motifs is 5. The Hall–Kier alpha value is -4.78. The molecule has 0 amide bonds. The minimum absolute atomic E-state index is 0.260. The number of hydrogen-bond donors (Lipinski definition) is 0. The Morgan fingerprint density at radius 3 is 2.24 bits per heavy atom. The zero-order chi connectivity index (χ0) is 26.0. The highest BCUT2D eigenvalue weighted by Gasteiger charge is 2.73. The monoisotopic (exact) mass is 502 g/mol. The Kier molecular flexibility index (Phi) is 4.79. The van der Waals surface area contributed by atoms with E-state index in [9.17, 15) is 14.4 Å². The fraction of sp³-hybridized carbons (Fsp3) is 0.161. The third-order valence-electron chi connectivity index (χ3n) is 8.07. The van der Waals surface area contributed by atoms with E-state index in [1.807, 2.05) is 24.3 Å². The minimum Gasteiger partial charge on any atom is -0.497 e. The lowest BCUT2D eigenvalue weighted by molar-refractivity contribution is 0.0579. The number of ketones is 3. The van der Waals surface area contributed by atoms with Gasteiger partial charge < -0.3 is 9.15 Å². The smallest absolute Gasteiger partial charge is 0.187 e. The van der Waals surface area contributed by atoms with Crippen LogP contribution in [0.1, 0.15) is 59.9 Å². The topological polar surface area (TPSA) is 89.2 Å². The molecule has 1 saturated heterocycles. The Bertz CT molecular complexity index is 1600. The SMILES string of the molecule is COc1ccc(C(=O)[C@H]2[C@H](c3ccco3)C3(C(=O)c4ccccc4C3=O)[C@@H]3c4ccccc4C=NN32)cc1. The molecule has 3 atom stereocenters. The molecule has 1 spiro atoms. The second-order valence-electron chi connectivity index (χ2n) is 9.76. The zero-order valence-corrected chi connectivity index (χ0v) is 20.4. The third kappa shape index (κ3) is 2.78. The number of methoxy groups -OCH3 is 1. The number of hydrazone groups is 1. The van der Waals surface area contributed by atoms with Crippen molar-refractivity contribution in [3.63, 3.8) is 0 Å². The van der Waals surface area contributed by atoms with E-state index in [0.29, 0.717) is 28.2 Å². The molecule has 4 aromatic rings. The number of carbonyl (C=O) groups is 3. The molecule has 0 saturated carbocycles. The lowest BCUT2D eigenvalue weighted by atomic mass is 9.64. The quantitative estimate of drug-likeness (QED) is 0.285. The van der Waals surface area contributed by atoms with Gasteiger partial charge in [-0.15, -0.1) is 0 Å². The predicted octanol–water partition coefficient (Wildman–Crippen LogP) is 5.09. The first-order valence-electron chi connectivity index (χ1n) is 12.4. The van der Waals surface area contributed by atoms with Gasteiger partial charge in [-0.2, -0.15) is 5.10 Å². The maximum absolute atomic E-state index is 14.5. The predicted molar refractivity (Wildman–Crippen MR) is 139 cm³/mol. The van der Waals surface area contributed by atoms with Crippen LogP contribution in [0.15, 0.2) is 101 Å². The summed E-state index contributed by atoms with van der Waals surface area (Å²) in [7, 11) is 1.56. The number of ether oxygens (including phenoxy) is 1. The molecule has 186 valence electrons. The van der Waals surface area contributed by atoms with Gasteiger partial charge in [0.15, 0.2) is 17.3 Å². The molecule has 0 radical (unpaired) electrons. The minimum atomic E-state index is -1.64. The first-order valence-corrected chi connectivity index (χ1v) is 12.4. The number of carbonyl (C=O) groups excluding carboxylic acids is 3. The van der Waals surface area contributed by atoms with Gasteiger partial charge in [-0.1, -0.05) is 48.5 Å². The summed E-state index contributed by atoms with van der Waals surface area (Å²) in [5.74, 6) is -0.783. The molecule has 7 rings (SSSR count). The highest BCUT2D eigenvalue weighted by Crippen LogP contribution is 2.64. The van der Waals surface area contributed by atoms with Gasteiger partial charge in [-0.3, -0.25) is 19.4 Å². The first-order chi connectivity index (χ1) is 18.6. The zero-order valence-electron chi connectivity index (χ0n) is 20.4. The molecule has 38 heavy (non-hydrogen) atoms. The van der Waals surface area contributed by atoms with Crippen LogP contribution in [0.4, 0.5) is 0 Å². The molecule has 7 nitrogen and oxygen atoms in total. The summed E-state index contributed by atoms with van der Waals surface area (Å²) in [5.41, 5.74) is 1.09. The van der Waals surface area contributed by atoms with Crippen molar-refractivity contribution in [2.24, 2.45) is 10.5 Å². The second kappa shape index (κ2) is 8.11. The molecule has 1 aromatic heterocycles. The van der Waals surface area contributed by atoms with Gasteiger partial charge in [-0.25, -0.2) is 0 Å². The molecule has 3 aromatic carbocycles. The molecular weight excluding hydrogens is 480 g/mol. The number of furan rings is 1. The van der Waals surface area contributed by atoms with Crippen LogP contribution in [-0.4, -0.2) is 41.7 Å². The van der Waals surface area contributed by atoms with E-state index in [-0.39, 0.29) is 17.3 Å². The van der Waals surface area contributed by atoms with Gasteiger partial charge in [0, 0.05) is 16.7 Å². The molecule has 3 aliphatic rings. The Morgan fingerprint density at radius 2 is 1.58 bits per heavy atom. The van der Waals surface area contributed by atoms with Crippen LogP contribution < -0.4 is 4.74 Å². The summed E-state index contributed by atoms with van der Waals surface area (Å²) in [4.78, 5) is 43.4. The van der Waals surface area contributed by atoms with E-state index in [2.05, 4.69) is 0 Å². The Labute approximate surface area is 218 Å². The van der Waals surface area contributed by atoms with Crippen molar-refractivity contribution in [3.05, 3.63) is 125 Å². The average molecular weight is 503 g/mol. The van der Waals surface area contributed by atoms with Gasteiger partial charge in [0.1, 0.15) is 23.0 Å². The van der Waals surface area contributed by atoms with Crippen molar-refractivity contribution in [1.29, 1.82) is 0 Å². The molecule has 3 heterocycles. The molecule has 2 aliphatic heterocycles. The number of nitrogens with zero attached hydrogens (tertiary/aromatic N) is 2. The fourth-order valence-corrected chi connectivity index (χ4v) is 6.48. The summed E-state index contributed by atoms with van der Waals surface area (Å²) in [6.45, 7) is 0. The van der Waals surface area contributed by atoms with Crippen molar-refractivity contribution >= 4 is 23.6 Å². The highest BCUT2D eigenvalue weighted by atomic mass is 16.5. The second-order valence-corrected chi connectivity index (χ2v) is 9.76. The van der Waals surface area contributed by atoms with E-state index < -0.39 is 23.4 Å². The molecule has 1 fully saturated rings. The number of Topliss-reactive ketones (excluding diaryl/α,β-unsaturated/α-hetero) is 3. The van der Waals surface area contributed by atoms with Crippen molar-refractivity contribution in [3.8, 4) is 5.75 Å². The van der Waals surface area contributed by atoms with E-state index in [4.69, 9.17) is 14.3 Å². The maximum atomic E-state index is 14.5. The van der Waals surface area contributed by atoms with Gasteiger partial charge in [0.25, 0.3) is 0 Å². The molecule has 0 bridgehead atoms. The number of rotatable bonds is 4. The van der Waals surface area contributed by atoms with E-state index in [1.165, 1.54) is 6.26 Å². The number of hydrogen-bond acceptors (Lipinski definition) is 7. The van der Waals surface area contributed by atoms with Crippen LogP contribution in [0, 0.1) is 5.41 Å². The van der Waals surface area contributed by atoms with E-state index in [1.54, 1.807) is 79.0 Å². The van der Waals surface area contributed by atoms with Crippen molar-refractivity contribution in [2.75, 3.05) is 7.11 Å². The largest absolute Gasteiger partial charge is 0.497 e. The van der Waals surface area contributed by atoms with Gasteiger partial charge in [0.2, 0.25) is 0 Å². The Morgan fingerprint density at radius 1 is 0.895 bits per heavy atom. The fourth-order valence-electron chi connectivity index (χ4n) is 6.48. The van der Waals surface area contributed by atoms with Crippen LogP contribution in [0.3, 0.4) is 0 Å². The standard InChI is InChI=1S/C31H22N2O5/c1-37-20-14-12-18(13-15-20)27(34)26-25(24-11-6-16-38-24)31(29(35)22-9-4-5-10-23(22)30(31)36)28-21-8-3-2-7-19(21)17-32-33(26)28/h2-17,25-26,28H,1H3/t25-,26+,28-/m0/s1. The Balaban J connectivity index is 1.51. The van der Waals surface area contributed by atoms with Gasteiger partial charge in [-0.05, 0) is 47.5 Å². The summed E-state index contributed by atoms with van der Waals surface area (Å²) >= 11 is 0. The van der Waals surface area contributed by atoms with Crippen molar-refractivity contribution in [1.82, 2.24) is 5.01 Å². The first kappa shape index (κ1) is 22.4. The molecule has 0 N–H and O–H groups in total. The van der Waals surface area contributed by atoms with Crippen LogP contribution in [0.2, 0.25) is 0 Å². The highest BCUT2D eigenvalue weighted by molar-refractivity contribution is 6.31. The molecule has 7 heteroatoms. The average Bonchev–Trinajstić information content (AvgIpc) is 3.66. The molecular formula is C31H22N2O5. The van der Waals surface area contributed by atoms with E-state index in [0.717, 1.165) is 11.1 Å². The number of benzene rings is 3. The third-order valence-corrected chi connectivity index (χ3v) is 8.07. The molecule has 1 aliphatic carbocycles.